The summed E-state index contributed by atoms with van der Waals surface area (Å²) in [6, 6.07) is 15.1. The van der Waals surface area contributed by atoms with Crippen LogP contribution in [-0.2, 0) is 0 Å². The van der Waals surface area contributed by atoms with Crippen LogP contribution < -0.4 is 4.90 Å². The van der Waals surface area contributed by atoms with Crippen molar-refractivity contribution in [2.24, 2.45) is 0 Å². The number of hydrogen-bond acceptors (Lipinski definition) is 2. The second-order valence-corrected chi connectivity index (χ2v) is 5.22. The van der Waals surface area contributed by atoms with Crippen molar-refractivity contribution in [3.63, 3.8) is 0 Å². The van der Waals surface area contributed by atoms with E-state index in [2.05, 4.69) is 0 Å². The molecule has 0 amide bonds. The molecule has 0 saturated heterocycles. The van der Waals surface area contributed by atoms with E-state index < -0.39 is 6.10 Å². The Morgan fingerprint density at radius 1 is 1.05 bits per heavy atom. The van der Waals surface area contributed by atoms with E-state index in [9.17, 15) is 5.11 Å². The molecule has 0 aliphatic rings. The zero-order valence-corrected chi connectivity index (χ0v) is 12.1. The van der Waals surface area contributed by atoms with Gasteiger partial charge in [-0.1, -0.05) is 47.5 Å². The fourth-order valence-electron chi connectivity index (χ4n) is 1.87. The molecule has 0 aliphatic carbocycles. The van der Waals surface area contributed by atoms with Gasteiger partial charge < -0.3 is 10.0 Å². The first-order valence-electron chi connectivity index (χ1n) is 5.97. The van der Waals surface area contributed by atoms with Gasteiger partial charge in [0, 0.05) is 19.3 Å². The smallest absolute Gasteiger partial charge is 0.0965 e. The Balaban J connectivity index is 2.08. The standard InChI is InChI=1S/C15H15Cl2NO/c1-18(12-5-3-2-4-6-12)10-15(19)11-7-8-13(16)14(17)9-11/h2-9,15,19H,10H2,1H3. The van der Waals surface area contributed by atoms with E-state index >= 15 is 0 Å². The molecule has 2 aromatic rings. The first-order chi connectivity index (χ1) is 9.08. The second-order valence-electron chi connectivity index (χ2n) is 4.41. The number of aliphatic hydroxyl groups is 1. The van der Waals surface area contributed by atoms with Crippen LogP contribution in [-0.4, -0.2) is 18.7 Å². The van der Waals surface area contributed by atoms with Crippen LogP contribution in [0.2, 0.25) is 10.0 Å². The number of halogens is 2. The summed E-state index contributed by atoms with van der Waals surface area (Å²) in [5.74, 6) is 0. The van der Waals surface area contributed by atoms with Crippen molar-refractivity contribution in [2.45, 2.75) is 6.10 Å². The average molecular weight is 296 g/mol. The number of hydrogen-bond donors (Lipinski definition) is 1. The lowest BCUT2D eigenvalue weighted by Gasteiger charge is -2.23. The average Bonchev–Trinajstić information content (AvgIpc) is 2.42. The summed E-state index contributed by atoms with van der Waals surface area (Å²) in [5, 5.41) is 11.2. The van der Waals surface area contributed by atoms with E-state index in [4.69, 9.17) is 23.2 Å². The number of anilines is 1. The van der Waals surface area contributed by atoms with Crippen molar-refractivity contribution >= 4 is 28.9 Å². The van der Waals surface area contributed by atoms with Gasteiger partial charge in [-0.25, -0.2) is 0 Å². The number of rotatable bonds is 4. The predicted octanol–water partition coefficient (Wildman–Crippen LogP) is 4.16. The van der Waals surface area contributed by atoms with Crippen LogP contribution in [0.4, 0.5) is 5.69 Å². The van der Waals surface area contributed by atoms with Gasteiger partial charge in [-0.3, -0.25) is 0 Å². The molecule has 1 atom stereocenters. The molecule has 0 aromatic heterocycles. The zero-order chi connectivity index (χ0) is 13.8. The summed E-state index contributed by atoms with van der Waals surface area (Å²) in [4.78, 5) is 1.99. The van der Waals surface area contributed by atoms with E-state index in [1.54, 1.807) is 18.2 Å². The molecule has 0 aliphatic heterocycles. The maximum atomic E-state index is 10.2. The zero-order valence-electron chi connectivity index (χ0n) is 10.6. The van der Waals surface area contributed by atoms with Crippen LogP contribution in [0.3, 0.4) is 0 Å². The normalized spacial score (nSPS) is 12.2. The van der Waals surface area contributed by atoms with Crippen molar-refractivity contribution in [2.75, 3.05) is 18.5 Å². The summed E-state index contributed by atoms with van der Waals surface area (Å²) in [6.07, 6.45) is -0.611. The molecule has 4 heteroatoms. The SMILES string of the molecule is CN(CC(O)c1ccc(Cl)c(Cl)c1)c1ccccc1. The molecule has 0 bridgehead atoms. The number of para-hydroxylation sites is 1. The van der Waals surface area contributed by atoms with Crippen molar-refractivity contribution in [3.05, 3.63) is 64.1 Å². The Morgan fingerprint density at radius 3 is 2.37 bits per heavy atom. The summed E-state index contributed by atoms with van der Waals surface area (Å²) in [5.41, 5.74) is 1.82. The lowest BCUT2D eigenvalue weighted by atomic mass is 10.1. The van der Waals surface area contributed by atoms with Crippen LogP contribution >= 0.6 is 23.2 Å². The highest BCUT2D eigenvalue weighted by Gasteiger charge is 2.12. The third kappa shape index (κ3) is 3.63. The third-order valence-electron chi connectivity index (χ3n) is 2.97. The monoisotopic (exact) mass is 295 g/mol. The maximum absolute atomic E-state index is 10.2. The molecule has 2 nitrogen and oxygen atoms in total. The first kappa shape index (κ1) is 14.2. The molecule has 19 heavy (non-hydrogen) atoms. The Morgan fingerprint density at radius 2 is 1.74 bits per heavy atom. The molecule has 100 valence electrons. The van der Waals surface area contributed by atoms with Gasteiger partial charge in [0.2, 0.25) is 0 Å². The molecule has 2 aromatic carbocycles. The van der Waals surface area contributed by atoms with E-state index in [0.717, 1.165) is 11.3 Å². The van der Waals surface area contributed by atoms with Crippen LogP contribution in [0.1, 0.15) is 11.7 Å². The van der Waals surface area contributed by atoms with E-state index in [1.807, 2.05) is 42.3 Å². The highest BCUT2D eigenvalue weighted by atomic mass is 35.5. The lowest BCUT2D eigenvalue weighted by molar-refractivity contribution is 0.185. The van der Waals surface area contributed by atoms with Crippen molar-refractivity contribution < 1.29 is 5.11 Å². The molecule has 0 spiro atoms. The van der Waals surface area contributed by atoms with Gasteiger partial charge in [-0.15, -0.1) is 0 Å². The van der Waals surface area contributed by atoms with Gasteiger partial charge in [0.1, 0.15) is 0 Å². The van der Waals surface area contributed by atoms with E-state index in [0.29, 0.717) is 16.6 Å². The predicted molar refractivity (Wildman–Crippen MR) is 81.1 cm³/mol. The molecular weight excluding hydrogens is 281 g/mol. The number of nitrogens with zero attached hydrogens (tertiary/aromatic N) is 1. The van der Waals surface area contributed by atoms with E-state index in [-0.39, 0.29) is 0 Å². The van der Waals surface area contributed by atoms with Gasteiger partial charge in [0.15, 0.2) is 0 Å². The molecule has 0 radical (unpaired) electrons. The minimum Gasteiger partial charge on any atom is -0.387 e. The van der Waals surface area contributed by atoms with Crippen LogP contribution in [0.25, 0.3) is 0 Å². The molecule has 0 heterocycles. The lowest BCUT2D eigenvalue weighted by Crippen LogP contribution is -2.24. The number of likely N-dealkylation sites (N-methyl/N-ethyl adjacent to an activating group) is 1. The molecule has 1 N–H and O–H groups in total. The van der Waals surface area contributed by atoms with Gasteiger partial charge in [-0.2, -0.15) is 0 Å². The largest absolute Gasteiger partial charge is 0.387 e. The Labute approximate surface area is 123 Å². The summed E-state index contributed by atoms with van der Waals surface area (Å²) in [7, 11) is 1.94. The van der Waals surface area contributed by atoms with Crippen LogP contribution in [0.5, 0.6) is 0 Å². The second kappa shape index (κ2) is 6.29. The minimum absolute atomic E-state index is 0.459. The molecular formula is C15H15Cl2NO. The van der Waals surface area contributed by atoms with Gasteiger partial charge >= 0.3 is 0 Å². The van der Waals surface area contributed by atoms with Crippen molar-refractivity contribution in [3.8, 4) is 0 Å². The van der Waals surface area contributed by atoms with Crippen LogP contribution in [0.15, 0.2) is 48.5 Å². The molecule has 2 rings (SSSR count). The Hall–Kier alpha value is -1.22. The minimum atomic E-state index is -0.611. The Bertz CT molecular complexity index is 545. The topological polar surface area (TPSA) is 23.5 Å². The van der Waals surface area contributed by atoms with Crippen molar-refractivity contribution in [1.29, 1.82) is 0 Å². The van der Waals surface area contributed by atoms with Gasteiger partial charge in [0.25, 0.3) is 0 Å². The Kier molecular flexibility index (Phi) is 4.70. The molecule has 1 unspecified atom stereocenters. The van der Waals surface area contributed by atoms with E-state index in [1.165, 1.54) is 0 Å². The van der Waals surface area contributed by atoms with Gasteiger partial charge in [-0.05, 0) is 29.8 Å². The number of benzene rings is 2. The van der Waals surface area contributed by atoms with Crippen molar-refractivity contribution in [1.82, 2.24) is 0 Å². The highest BCUT2D eigenvalue weighted by molar-refractivity contribution is 6.42. The first-order valence-corrected chi connectivity index (χ1v) is 6.72. The summed E-state index contributed by atoms with van der Waals surface area (Å²) in [6.45, 7) is 0.488. The molecule has 0 fully saturated rings. The van der Waals surface area contributed by atoms with Crippen LogP contribution in [0, 0.1) is 0 Å². The summed E-state index contributed by atoms with van der Waals surface area (Å²) < 4.78 is 0. The third-order valence-corrected chi connectivity index (χ3v) is 3.71. The number of aliphatic hydroxyl groups excluding tert-OH is 1. The highest BCUT2D eigenvalue weighted by Crippen LogP contribution is 2.26. The molecule has 0 saturated carbocycles. The fraction of sp³-hybridized carbons (Fsp3) is 0.200. The summed E-state index contributed by atoms with van der Waals surface area (Å²) >= 11 is 11.8. The van der Waals surface area contributed by atoms with Gasteiger partial charge in [0.05, 0.1) is 16.1 Å². The quantitative estimate of drug-likeness (QED) is 0.915. The fourth-order valence-corrected chi connectivity index (χ4v) is 2.18. The maximum Gasteiger partial charge on any atom is 0.0965 e.